The highest BCUT2D eigenvalue weighted by Crippen LogP contribution is 2.15. The average Bonchev–Trinajstić information content (AvgIpc) is 2.36. The van der Waals surface area contributed by atoms with Gasteiger partial charge in [0, 0.05) is 18.8 Å². The van der Waals surface area contributed by atoms with Gasteiger partial charge < -0.3 is 10.2 Å². The predicted molar refractivity (Wildman–Crippen MR) is 71.9 cm³/mol. The summed E-state index contributed by atoms with van der Waals surface area (Å²) < 4.78 is 0. The zero-order valence-corrected chi connectivity index (χ0v) is 10.6. The molecule has 0 unspecified atom stereocenters. The van der Waals surface area contributed by atoms with E-state index in [-0.39, 0.29) is 5.91 Å². The number of hydrogen-bond donors (Lipinski definition) is 1. The number of carbonyl (C=O) groups excluding carboxylic acids is 1. The molecule has 1 N–H and O–H groups in total. The molecule has 0 heterocycles. The summed E-state index contributed by atoms with van der Waals surface area (Å²) in [5.74, 6) is -0.0556. The third-order valence-electron chi connectivity index (χ3n) is 2.41. The quantitative estimate of drug-likeness (QED) is 0.764. The van der Waals surface area contributed by atoms with Crippen LogP contribution in [-0.2, 0) is 4.79 Å². The lowest BCUT2D eigenvalue weighted by Crippen LogP contribution is -2.36. The molecule has 0 spiro atoms. The van der Waals surface area contributed by atoms with Gasteiger partial charge in [-0.05, 0) is 25.5 Å². The largest absolute Gasteiger partial charge is 0.381 e. The van der Waals surface area contributed by atoms with Crippen LogP contribution in [0.25, 0.3) is 0 Å². The van der Waals surface area contributed by atoms with Gasteiger partial charge in [0.1, 0.15) is 0 Å². The zero-order valence-electron chi connectivity index (χ0n) is 10.6. The molecule has 3 nitrogen and oxygen atoms in total. The first kappa shape index (κ1) is 13.3. The van der Waals surface area contributed by atoms with Crippen LogP contribution < -0.4 is 10.2 Å². The van der Waals surface area contributed by atoms with Crippen LogP contribution in [0, 0.1) is 0 Å². The van der Waals surface area contributed by atoms with E-state index in [1.165, 1.54) is 0 Å². The van der Waals surface area contributed by atoms with E-state index in [1.54, 1.807) is 4.90 Å². The Balaban J connectivity index is 2.86. The van der Waals surface area contributed by atoms with Gasteiger partial charge in [0.25, 0.3) is 5.91 Å². The molecule has 0 saturated carbocycles. The van der Waals surface area contributed by atoms with Crippen molar-refractivity contribution in [3.63, 3.8) is 0 Å². The van der Waals surface area contributed by atoms with Crippen LogP contribution in [0.5, 0.6) is 0 Å². The van der Waals surface area contributed by atoms with Gasteiger partial charge in [-0.1, -0.05) is 31.7 Å². The van der Waals surface area contributed by atoms with E-state index in [4.69, 9.17) is 0 Å². The Morgan fingerprint density at radius 2 is 1.94 bits per heavy atom. The van der Waals surface area contributed by atoms with E-state index in [0.29, 0.717) is 18.8 Å². The molecule has 0 aliphatic heterocycles. The Bertz CT molecular complexity index is 373. The van der Waals surface area contributed by atoms with Crippen LogP contribution in [0.1, 0.15) is 20.3 Å². The first-order valence-corrected chi connectivity index (χ1v) is 6.00. The minimum Gasteiger partial charge on any atom is -0.381 e. The second-order valence-electron chi connectivity index (χ2n) is 3.80. The molecule has 0 fully saturated rings. The summed E-state index contributed by atoms with van der Waals surface area (Å²) in [6, 6.07) is 9.68. The molecule has 3 heteroatoms. The lowest BCUT2D eigenvalue weighted by molar-refractivity contribution is -0.115. The minimum absolute atomic E-state index is 0.0556. The third kappa shape index (κ3) is 3.63. The fourth-order valence-electron chi connectivity index (χ4n) is 1.63. The van der Waals surface area contributed by atoms with E-state index < -0.39 is 0 Å². The van der Waals surface area contributed by atoms with E-state index in [0.717, 1.165) is 12.1 Å². The normalized spacial score (nSPS) is 9.76. The Morgan fingerprint density at radius 3 is 2.47 bits per heavy atom. The van der Waals surface area contributed by atoms with Crippen LogP contribution in [-0.4, -0.2) is 19.0 Å². The van der Waals surface area contributed by atoms with Gasteiger partial charge in [-0.2, -0.15) is 0 Å². The van der Waals surface area contributed by atoms with Crippen LogP contribution >= 0.6 is 0 Å². The second kappa shape index (κ2) is 6.74. The number of carbonyl (C=O) groups is 1. The number of hydrogen-bond acceptors (Lipinski definition) is 2. The van der Waals surface area contributed by atoms with E-state index in [9.17, 15) is 4.79 Å². The summed E-state index contributed by atoms with van der Waals surface area (Å²) in [7, 11) is 0. The molecule has 17 heavy (non-hydrogen) atoms. The SMILES string of the molecule is C=C(NCC)C(=O)N(CCC)c1ccccc1. The molecule has 1 rings (SSSR count). The fourth-order valence-corrected chi connectivity index (χ4v) is 1.63. The maximum atomic E-state index is 12.2. The lowest BCUT2D eigenvalue weighted by Gasteiger charge is -2.23. The molecule has 0 bridgehead atoms. The van der Waals surface area contributed by atoms with Crippen molar-refractivity contribution in [1.82, 2.24) is 5.32 Å². The highest BCUT2D eigenvalue weighted by molar-refractivity contribution is 6.04. The van der Waals surface area contributed by atoms with E-state index in [2.05, 4.69) is 18.8 Å². The van der Waals surface area contributed by atoms with Crippen LogP contribution in [0.3, 0.4) is 0 Å². The van der Waals surface area contributed by atoms with Crippen molar-refractivity contribution in [2.75, 3.05) is 18.0 Å². The van der Waals surface area contributed by atoms with Gasteiger partial charge >= 0.3 is 0 Å². The maximum absolute atomic E-state index is 12.2. The van der Waals surface area contributed by atoms with Crippen molar-refractivity contribution in [3.8, 4) is 0 Å². The molecule has 0 aromatic heterocycles. The van der Waals surface area contributed by atoms with Crippen LogP contribution in [0.2, 0.25) is 0 Å². The smallest absolute Gasteiger partial charge is 0.273 e. The number of nitrogens with zero attached hydrogens (tertiary/aromatic N) is 1. The zero-order chi connectivity index (χ0) is 12.7. The second-order valence-corrected chi connectivity index (χ2v) is 3.80. The third-order valence-corrected chi connectivity index (χ3v) is 2.41. The van der Waals surface area contributed by atoms with Crippen molar-refractivity contribution in [1.29, 1.82) is 0 Å². The molecule has 1 amide bonds. The number of likely N-dealkylation sites (N-methyl/N-ethyl adjacent to an activating group) is 1. The van der Waals surface area contributed by atoms with Crippen molar-refractivity contribution in [3.05, 3.63) is 42.6 Å². The van der Waals surface area contributed by atoms with Crippen molar-refractivity contribution in [2.45, 2.75) is 20.3 Å². The molecular weight excluding hydrogens is 212 g/mol. The van der Waals surface area contributed by atoms with Crippen molar-refractivity contribution >= 4 is 11.6 Å². The molecule has 0 aliphatic rings. The minimum atomic E-state index is -0.0556. The molecule has 0 radical (unpaired) electrons. The Hall–Kier alpha value is -1.77. The van der Waals surface area contributed by atoms with Gasteiger partial charge in [0.05, 0.1) is 5.70 Å². The van der Waals surface area contributed by atoms with E-state index >= 15 is 0 Å². The summed E-state index contributed by atoms with van der Waals surface area (Å²) in [4.78, 5) is 13.9. The topological polar surface area (TPSA) is 32.3 Å². The van der Waals surface area contributed by atoms with Gasteiger partial charge in [-0.25, -0.2) is 0 Å². The number of rotatable bonds is 6. The lowest BCUT2D eigenvalue weighted by atomic mass is 10.2. The molecule has 92 valence electrons. The summed E-state index contributed by atoms with van der Waals surface area (Å²) in [6.45, 7) is 9.18. The first-order valence-electron chi connectivity index (χ1n) is 6.00. The van der Waals surface area contributed by atoms with Gasteiger partial charge in [0.2, 0.25) is 0 Å². The maximum Gasteiger partial charge on any atom is 0.273 e. The molecule has 1 aromatic carbocycles. The summed E-state index contributed by atoms with van der Waals surface area (Å²) >= 11 is 0. The molecule has 1 aromatic rings. The number of para-hydroxylation sites is 1. The van der Waals surface area contributed by atoms with Crippen LogP contribution in [0.4, 0.5) is 5.69 Å². The van der Waals surface area contributed by atoms with E-state index in [1.807, 2.05) is 37.3 Å². The Labute approximate surface area is 103 Å². The molecular formula is C14H20N2O. The van der Waals surface area contributed by atoms with Crippen molar-refractivity contribution < 1.29 is 4.79 Å². The molecule has 0 atom stereocenters. The highest BCUT2D eigenvalue weighted by atomic mass is 16.2. The Morgan fingerprint density at radius 1 is 1.29 bits per heavy atom. The standard InChI is InChI=1S/C14H20N2O/c1-4-11-16(13-9-7-6-8-10-13)14(17)12(3)15-5-2/h6-10,15H,3-5,11H2,1-2H3. The average molecular weight is 232 g/mol. The molecule has 0 saturated heterocycles. The monoisotopic (exact) mass is 232 g/mol. The Kier molecular flexibility index (Phi) is 5.27. The summed E-state index contributed by atoms with van der Waals surface area (Å²) in [5.41, 5.74) is 1.36. The van der Waals surface area contributed by atoms with Gasteiger partial charge in [-0.3, -0.25) is 4.79 Å². The summed E-state index contributed by atoms with van der Waals surface area (Å²) in [6.07, 6.45) is 0.917. The number of amides is 1. The van der Waals surface area contributed by atoms with Crippen LogP contribution in [0.15, 0.2) is 42.6 Å². The first-order chi connectivity index (χ1) is 8.20. The molecule has 0 aliphatic carbocycles. The number of nitrogens with one attached hydrogen (secondary N) is 1. The number of anilines is 1. The highest BCUT2D eigenvalue weighted by Gasteiger charge is 2.16. The summed E-state index contributed by atoms with van der Waals surface area (Å²) in [5, 5.41) is 2.97. The predicted octanol–water partition coefficient (Wildman–Crippen LogP) is 2.55. The van der Waals surface area contributed by atoms with Gasteiger partial charge in [-0.15, -0.1) is 0 Å². The number of benzene rings is 1. The van der Waals surface area contributed by atoms with Crippen molar-refractivity contribution in [2.24, 2.45) is 0 Å². The van der Waals surface area contributed by atoms with Gasteiger partial charge in [0.15, 0.2) is 0 Å². The fraction of sp³-hybridized carbons (Fsp3) is 0.357.